The van der Waals surface area contributed by atoms with Crippen molar-refractivity contribution in [1.82, 2.24) is 0 Å². The van der Waals surface area contributed by atoms with E-state index in [4.69, 9.17) is 0 Å². The second-order valence-electron chi connectivity index (χ2n) is 14.0. The summed E-state index contributed by atoms with van der Waals surface area (Å²) in [5, 5.41) is 4.96. The van der Waals surface area contributed by atoms with Crippen molar-refractivity contribution in [2.45, 2.75) is 5.41 Å². The van der Waals surface area contributed by atoms with E-state index in [1.54, 1.807) is 0 Å². The molecular weight excluding hydrogens is 627 g/mol. The second kappa shape index (κ2) is 11.2. The number of hydrogen-bond acceptors (Lipinski definition) is 1. The van der Waals surface area contributed by atoms with E-state index in [9.17, 15) is 0 Å². The molecule has 9 aromatic rings. The van der Waals surface area contributed by atoms with E-state index in [-0.39, 0.29) is 5.41 Å². The molecule has 0 atom stereocenters. The molecule has 52 heavy (non-hydrogen) atoms. The van der Waals surface area contributed by atoms with Crippen LogP contribution < -0.4 is 4.90 Å². The second-order valence-corrected chi connectivity index (χ2v) is 14.0. The van der Waals surface area contributed by atoms with Crippen molar-refractivity contribution in [1.29, 1.82) is 0 Å². The third-order valence-electron chi connectivity index (χ3n) is 11.5. The van der Waals surface area contributed by atoms with Crippen LogP contribution in [0.5, 0.6) is 0 Å². The quantitative estimate of drug-likeness (QED) is 0.182. The smallest absolute Gasteiger partial charge is 0.0725 e. The van der Waals surface area contributed by atoms with Gasteiger partial charge in [-0.25, -0.2) is 0 Å². The summed E-state index contributed by atoms with van der Waals surface area (Å²) in [6, 6.07) is 74.0. The molecule has 0 N–H and O–H groups in total. The van der Waals surface area contributed by atoms with Gasteiger partial charge >= 0.3 is 0 Å². The minimum absolute atomic E-state index is 0.358. The van der Waals surface area contributed by atoms with Crippen molar-refractivity contribution in [2.24, 2.45) is 0 Å². The molecule has 2 aliphatic rings. The lowest BCUT2D eigenvalue weighted by Crippen LogP contribution is -2.25. The molecule has 9 aromatic carbocycles. The Bertz CT molecular complexity index is 2820. The van der Waals surface area contributed by atoms with Gasteiger partial charge in [0.1, 0.15) is 0 Å². The molecule has 242 valence electrons. The molecule has 1 heteroatoms. The van der Waals surface area contributed by atoms with Crippen molar-refractivity contribution in [2.75, 3.05) is 4.90 Å². The first kappa shape index (κ1) is 29.1. The molecule has 0 aromatic heterocycles. The maximum absolute atomic E-state index is 2.44. The van der Waals surface area contributed by atoms with E-state index in [2.05, 4.69) is 205 Å². The number of benzene rings is 9. The standard InChI is InChI=1S/C51H33N/c1-2-16-37(17-3-1)52(50-27-13-22-40-39(21-12-23-44(40)50)36-29-28-34-14-4-5-15-35(34)32-36)38-30-31-49-45(33-38)43-20-8-11-26-48(43)51(49)46-24-9-6-18-41(46)42-19-7-10-25-47(42)51/h1-33H. The van der Waals surface area contributed by atoms with Crippen LogP contribution >= 0.6 is 0 Å². The highest BCUT2D eigenvalue weighted by atomic mass is 15.1. The fraction of sp³-hybridized carbons (Fsp3) is 0.0196. The summed E-state index contributed by atoms with van der Waals surface area (Å²) in [5.41, 5.74) is 16.2. The molecule has 1 spiro atoms. The van der Waals surface area contributed by atoms with Crippen LogP contribution in [0.1, 0.15) is 22.3 Å². The number of rotatable bonds is 4. The summed E-state index contributed by atoms with van der Waals surface area (Å²) in [6.07, 6.45) is 0. The molecule has 11 rings (SSSR count). The largest absolute Gasteiger partial charge is 0.310 e. The predicted octanol–water partition coefficient (Wildman–Crippen LogP) is 13.5. The van der Waals surface area contributed by atoms with Gasteiger partial charge in [0.05, 0.1) is 11.1 Å². The topological polar surface area (TPSA) is 3.24 Å². The highest BCUT2D eigenvalue weighted by Gasteiger charge is 2.51. The third kappa shape index (κ3) is 3.99. The van der Waals surface area contributed by atoms with Crippen LogP contribution in [0.15, 0.2) is 200 Å². The van der Waals surface area contributed by atoms with Crippen LogP contribution in [-0.2, 0) is 5.41 Å². The molecule has 0 unspecified atom stereocenters. The number of para-hydroxylation sites is 1. The summed E-state index contributed by atoms with van der Waals surface area (Å²) in [7, 11) is 0. The van der Waals surface area contributed by atoms with Gasteiger partial charge in [0.15, 0.2) is 0 Å². The van der Waals surface area contributed by atoms with Gasteiger partial charge in [-0.1, -0.05) is 164 Å². The number of hydrogen-bond donors (Lipinski definition) is 0. The number of nitrogens with zero attached hydrogens (tertiary/aromatic N) is 1. The number of anilines is 3. The fourth-order valence-electron chi connectivity index (χ4n) is 9.33. The Morgan fingerprint density at radius 2 is 0.865 bits per heavy atom. The number of fused-ring (bicyclic) bond motifs is 12. The Balaban J connectivity index is 1.14. The molecule has 0 radical (unpaired) electrons. The van der Waals surface area contributed by atoms with Crippen LogP contribution in [0.4, 0.5) is 17.1 Å². The van der Waals surface area contributed by atoms with Crippen molar-refractivity contribution in [3.8, 4) is 33.4 Å². The SMILES string of the molecule is c1ccc(N(c2ccc3c(c2)-c2ccccc2C32c3ccccc3-c3ccccc32)c2cccc3c(-c4ccc5ccccc5c4)cccc23)cc1. The molecule has 2 aliphatic carbocycles. The van der Waals surface area contributed by atoms with E-state index in [1.165, 1.54) is 77.2 Å². The predicted molar refractivity (Wildman–Crippen MR) is 218 cm³/mol. The minimum atomic E-state index is -0.358. The Morgan fingerprint density at radius 1 is 0.308 bits per heavy atom. The van der Waals surface area contributed by atoms with Crippen LogP contribution in [0.2, 0.25) is 0 Å². The monoisotopic (exact) mass is 659 g/mol. The maximum Gasteiger partial charge on any atom is 0.0725 e. The lowest BCUT2D eigenvalue weighted by atomic mass is 9.70. The van der Waals surface area contributed by atoms with Crippen LogP contribution in [0.25, 0.3) is 54.9 Å². The highest BCUT2D eigenvalue weighted by molar-refractivity contribution is 6.07. The molecule has 0 fully saturated rings. The lowest BCUT2D eigenvalue weighted by molar-refractivity contribution is 0.794. The van der Waals surface area contributed by atoms with Crippen LogP contribution in [-0.4, -0.2) is 0 Å². The normalized spacial score (nSPS) is 13.2. The van der Waals surface area contributed by atoms with E-state index >= 15 is 0 Å². The minimum Gasteiger partial charge on any atom is -0.310 e. The molecule has 0 saturated heterocycles. The molecular formula is C51H33N. The van der Waals surface area contributed by atoms with Crippen LogP contribution in [0.3, 0.4) is 0 Å². The zero-order valence-corrected chi connectivity index (χ0v) is 28.5. The Morgan fingerprint density at radius 3 is 1.60 bits per heavy atom. The van der Waals surface area contributed by atoms with Crippen molar-refractivity contribution in [3.63, 3.8) is 0 Å². The first-order valence-corrected chi connectivity index (χ1v) is 18.1. The highest BCUT2D eigenvalue weighted by Crippen LogP contribution is 2.63. The van der Waals surface area contributed by atoms with Crippen molar-refractivity contribution >= 4 is 38.6 Å². The molecule has 0 aliphatic heterocycles. The van der Waals surface area contributed by atoms with Crippen molar-refractivity contribution < 1.29 is 0 Å². The molecule has 0 heterocycles. The summed E-state index contributed by atoms with van der Waals surface area (Å²) in [5.74, 6) is 0. The van der Waals surface area contributed by atoms with E-state index in [1.807, 2.05) is 0 Å². The Labute approximate surface area is 303 Å². The average molecular weight is 660 g/mol. The first-order chi connectivity index (χ1) is 25.8. The fourth-order valence-corrected chi connectivity index (χ4v) is 9.33. The van der Waals surface area contributed by atoms with Gasteiger partial charge in [0, 0.05) is 16.8 Å². The summed E-state index contributed by atoms with van der Waals surface area (Å²) in [4.78, 5) is 2.44. The Kier molecular flexibility index (Phi) is 6.23. The van der Waals surface area contributed by atoms with E-state index in [0.717, 1.165) is 17.1 Å². The maximum atomic E-state index is 2.44. The molecule has 1 nitrogen and oxygen atoms in total. The molecule has 0 amide bonds. The van der Waals surface area contributed by atoms with Gasteiger partial charge in [-0.05, 0) is 108 Å². The van der Waals surface area contributed by atoms with Crippen molar-refractivity contribution in [3.05, 3.63) is 222 Å². The lowest BCUT2D eigenvalue weighted by Gasteiger charge is -2.31. The van der Waals surface area contributed by atoms with Gasteiger partial charge < -0.3 is 4.90 Å². The van der Waals surface area contributed by atoms with E-state index < -0.39 is 0 Å². The summed E-state index contributed by atoms with van der Waals surface area (Å²) < 4.78 is 0. The summed E-state index contributed by atoms with van der Waals surface area (Å²) >= 11 is 0. The van der Waals surface area contributed by atoms with Gasteiger partial charge in [-0.3, -0.25) is 0 Å². The molecule has 0 saturated carbocycles. The van der Waals surface area contributed by atoms with Gasteiger partial charge in [0.2, 0.25) is 0 Å². The first-order valence-electron chi connectivity index (χ1n) is 18.1. The average Bonchev–Trinajstić information content (AvgIpc) is 3.68. The van der Waals surface area contributed by atoms with Gasteiger partial charge in [-0.15, -0.1) is 0 Å². The zero-order chi connectivity index (χ0) is 34.2. The molecule has 0 bridgehead atoms. The van der Waals surface area contributed by atoms with E-state index in [0.29, 0.717) is 0 Å². The zero-order valence-electron chi connectivity index (χ0n) is 28.5. The Hall–Kier alpha value is -6.70. The van der Waals surface area contributed by atoms with Crippen LogP contribution in [0, 0.1) is 0 Å². The van der Waals surface area contributed by atoms with Gasteiger partial charge in [-0.2, -0.15) is 0 Å². The van der Waals surface area contributed by atoms with Gasteiger partial charge in [0.25, 0.3) is 0 Å². The third-order valence-corrected chi connectivity index (χ3v) is 11.5. The summed E-state index contributed by atoms with van der Waals surface area (Å²) in [6.45, 7) is 0.